The summed E-state index contributed by atoms with van der Waals surface area (Å²) in [5, 5.41) is 5.19. The number of nitrogens with one attached hydrogen (secondary N) is 3. The van der Waals surface area contributed by atoms with Crippen LogP contribution in [0.5, 0.6) is 5.75 Å². The molecule has 0 atom stereocenters. The van der Waals surface area contributed by atoms with Gasteiger partial charge in [-0.1, -0.05) is 18.2 Å². The minimum atomic E-state index is -3.80. The summed E-state index contributed by atoms with van der Waals surface area (Å²) in [5.41, 5.74) is 2.09. The molecule has 9 heteroatoms. The van der Waals surface area contributed by atoms with Gasteiger partial charge in [-0.05, 0) is 74.0 Å². The molecule has 2 amide bonds. The Morgan fingerprint density at radius 2 is 1.58 bits per heavy atom. The van der Waals surface area contributed by atoms with Gasteiger partial charge in [-0.2, -0.15) is 0 Å². The summed E-state index contributed by atoms with van der Waals surface area (Å²) in [6, 6.07) is 19.4. The molecule has 3 rings (SSSR count). The SMILES string of the molecule is CCOc1ccc(NC(=O)CNC(=O)c2ccc(S(=O)(=O)Nc3ccccc3C)cc2)cc1. The van der Waals surface area contributed by atoms with Gasteiger partial charge in [0.25, 0.3) is 15.9 Å². The van der Waals surface area contributed by atoms with Gasteiger partial charge in [0, 0.05) is 11.3 Å². The lowest BCUT2D eigenvalue weighted by Gasteiger charge is -2.11. The lowest BCUT2D eigenvalue weighted by Crippen LogP contribution is -2.32. The monoisotopic (exact) mass is 467 g/mol. The van der Waals surface area contributed by atoms with Crippen molar-refractivity contribution < 1.29 is 22.7 Å². The predicted molar refractivity (Wildman–Crippen MR) is 127 cm³/mol. The van der Waals surface area contributed by atoms with Crippen molar-refractivity contribution in [2.75, 3.05) is 23.2 Å². The summed E-state index contributed by atoms with van der Waals surface area (Å²) in [5.74, 6) is -0.190. The molecule has 3 N–H and O–H groups in total. The van der Waals surface area contributed by atoms with Crippen molar-refractivity contribution in [3.63, 3.8) is 0 Å². The fourth-order valence-corrected chi connectivity index (χ4v) is 4.08. The summed E-state index contributed by atoms with van der Waals surface area (Å²) in [7, 11) is -3.80. The van der Waals surface area contributed by atoms with E-state index in [9.17, 15) is 18.0 Å². The second-order valence-corrected chi connectivity index (χ2v) is 8.82. The number of hydrogen-bond acceptors (Lipinski definition) is 5. The Balaban J connectivity index is 1.55. The van der Waals surface area contributed by atoms with E-state index in [2.05, 4.69) is 15.4 Å². The van der Waals surface area contributed by atoms with Gasteiger partial charge >= 0.3 is 0 Å². The first kappa shape index (κ1) is 23.8. The standard InChI is InChI=1S/C24H25N3O5S/c1-3-32-20-12-10-19(11-13-20)26-23(28)16-25-24(29)18-8-14-21(15-9-18)33(30,31)27-22-7-5-4-6-17(22)2/h4-15,27H,3,16H2,1-2H3,(H,25,29)(H,26,28). The zero-order chi connectivity index (χ0) is 23.8. The van der Waals surface area contributed by atoms with Gasteiger partial charge in [-0.25, -0.2) is 8.42 Å². The minimum Gasteiger partial charge on any atom is -0.494 e. The predicted octanol–water partition coefficient (Wildman–Crippen LogP) is 3.56. The summed E-state index contributed by atoms with van der Waals surface area (Å²) in [6.45, 7) is 4.00. The lowest BCUT2D eigenvalue weighted by atomic mass is 10.2. The maximum atomic E-state index is 12.6. The number of aryl methyl sites for hydroxylation is 1. The highest BCUT2D eigenvalue weighted by Crippen LogP contribution is 2.20. The van der Waals surface area contributed by atoms with Crippen LogP contribution in [0, 0.1) is 6.92 Å². The average Bonchev–Trinajstić information content (AvgIpc) is 2.80. The number of para-hydroxylation sites is 1. The molecule has 33 heavy (non-hydrogen) atoms. The fourth-order valence-electron chi connectivity index (χ4n) is 2.95. The second-order valence-electron chi connectivity index (χ2n) is 7.13. The van der Waals surface area contributed by atoms with E-state index in [0.717, 1.165) is 5.56 Å². The van der Waals surface area contributed by atoms with Gasteiger partial charge in [0.2, 0.25) is 5.91 Å². The maximum Gasteiger partial charge on any atom is 0.261 e. The zero-order valence-corrected chi connectivity index (χ0v) is 19.1. The molecule has 3 aromatic carbocycles. The van der Waals surface area contributed by atoms with Crippen LogP contribution in [0.3, 0.4) is 0 Å². The number of hydrogen-bond donors (Lipinski definition) is 3. The highest BCUT2D eigenvalue weighted by atomic mass is 32.2. The van der Waals surface area contributed by atoms with Crippen LogP contribution in [0.2, 0.25) is 0 Å². The number of rotatable bonds is 9. The highest BCUT2D eigenvalue weighted by Gasteiger charge is 2.16. The Kier molecular flexibility index (Phi) is 7.68. The van der Waals surface area contributed by atoms with Crippen molar-refractivity contribution in [2.45, 2.75) is 18.7 Å². The summed E-state index contributed by atoms with van der Waals surface area (Å²) in [6.07, 6.45) is 0. The molecule has 0 bridgehead atoms. The van der Waals surface area contributed by atoms with E-state index in [0.29, 0.717) is 23.7 Å². The number of carbonyl (C=O) groups is 2. The molecule has 172 valence electrons. The molecule has 0 saturated heterocycles. The number of amides is 2. The molecule has 0 aromatic heterocycles. The van der Waals surface area contributed by atoms with Crippen LogP contribution in [-0.2, 0) is 14.8 Å². The van der Waals surface area contributed by atoms with E-state index in [1.54, 1.807) is 49.4 Å². The fraction of sp³-hybridized carbons (Fsp3) is 0.167. The molecule has 8 nitrogen and oxygen atoms in total. The molecule has 0 aliphatic carbocycles. The molecule has 0 fully saturated rings. The quantitative estimate of drug-likeness (QED) is 0.445. The van der Waals surface area contributed by atoms with Gasteiger partial charge in [0.1, 0.15) is 5.75 Å². The van der Waals surface area contributed by atoms with E-state index >= 15 is 0 Å². The molecule has 3 aromatic rings. The topological polar surface area (TPSA) is 114 Å². The Bertz CT molecular complexity index is 1220. The normalized spacial score (nSPS) is 10.8. The van der Waals surface area contributed by atoms with Crippen molar-refractivity contribution in [3.8, 4) is 5.75 Å². The van der Waals surface area contributed by atoms with E-state index in [4.69, 9.17) is 4.74 Å². The summed E-state index contributed by atoms with van der Waals surface area (Å²) in [4.78, 5) is 24.5. The lowest BCUT2D eigenvalue weighted by molar-refractivity contribution is -0.115. The Morgan fingerprint density at radius 1 is 0.909 bits per heavy atom. The smallest absolute Gasteiger partial charge is 0.261 e. The first-order valence-electron chi connectivity index (χ1n) is 10.3. The average molecular weight is 468 g/mol. The van der Waals surface area contributed by atoms with Crippen LogP contribution in [-0.4, -0.2) is 33.4 Å². The molecule has 0 unspecified atom stereocenters. The second kappa shape index (κ2) is 10.6. The molecule has 0 aliphatic heterocycles. The van der Waals surface area contributed by atoms with Gasteiger partial charge < -0.3 is 15.4 Å². The van der Waals surface area contributed by atoms with Crippen LogP contribution in [0.4, 0.5) is 11.4 Å². The third kappa shape index (κ3) is 6.56. The van der Waals surface area contributed by atoms with Gasteiger partial charge in [-0.3, -0.25) is 14.3 Å². The van der Waals surface area contributed by atoms with Crippen LogP contribution < -0.4 is 20.1 Å². The molecule has 0 spiro atoms. The first-order valence-corrected chi connectivity index (χ1v) is 11.8. The van der Waals surface area contributed by atoms with Crippen LogP contribution in [0.1, 0.15) is 22.8 Å². The van der Waals surface area contributed by atoms with Crippen molar-refractivity contribution in [3.05, 3.63) is 83.9 Å². The number of ether oxygens (including phenoxy) is 1. The summed E-state index contributed by atoms with van der Waals surface area (Å²) >= 11 is 0. The van der Waals surface area contributed by atoms with Gasteiger partial charge in [-0.15, -0.1) is 0 Å². The van der Waals surface area contributed by atoms with Gasteiger partial charge in [0.15, 0.2) is 0 Å². The molecule has 0 radical (unpaired) electrons. The van der Waals surface area contributed by atoms with Crippen molar-refractivity contribution >= 4 is 33.2 Å². The molecule has 0 aliphatic rings. The summed E-state index contributed by atoms with van der Waals surface area (Å²) < 4.78 is 33.1. The zero-order valence-electron chi connectivity index (χ0n) is 18.3. The minimum absolute atomic E-state index is 0.0237. The highest BCUT2D eigenvalue weighted by molar-refractivity contribution is 7.92. The molecular weight excluding hydrogens is 442 g/mol. The number of benzene rings is 3. The van der Waals surface area contributed by atoms with E-state index in [1.165, 1.54) is 24.3 Å². The molecule has 0 heterocycles. The van der Waals surface area contributed by atoms with Crippen molar-refractivity contribution in [1.29, 1.82) is 0 Å². The van der Waals surface area contributed by atoms with E-state index < -0.39 is 21.8 Å². The molecular formula is C24H25N3O5S. The van der Waals surface area contributed by atoms with Crippen molar-refractivity contribution in [1.82, 2.24) is 5.32 Å². The van der Waals surface area contributed by atoms with Crippen molar-refractivity contribution in [2.24, 2.45) is 0 Å². The van der Waals surface area contributed by atoms with E-state index in [1.807, 2.05) is 13.0 Å². The number of anilines is 2. The van der Waals surface area contributed by atoms with Crippen LogP contribution >= 0.6 is 0 Å². The van der Waals surface area contributed by atoms with Crippen LogP contribution in [0.15, 0.2) is 77.7 Å². The van der Waals surface area contributed by atoms with Gasteiger partial charge in [0.05, 0.1) is 23.7 Å². The maximum absolute atomic E-state index is 12.6. The Morgan fingerprint density at radius 3 is 2.21 bits per heavy atom. The van der Waals surface area contributed by atoms with Crippen LogP contribution in [0.25, 0.3) is 0 Å². The number of sulfonamides is 1. The third-order valence-electron chi connectivity index (χ3n) is 4.67. The Hall–Kier alpha value is -3.85. The largest absolute Gasteiger partial charge is 0.494 e. The van der Waals surface area contributed by atoms with E-state index in [-0.39, 0.29) is 17.0 Å². The Labute approximate surface area is 193 Å². The number of carbonyl (C=O) groups excluding carboxylic acids is 2. The third-order valence-corrected chi connectivity index (χ3v) is 6.06. The first-order chi connectivity index (χ1) is 15.8. The molecule has 0 saturated carbocycles.